The fraction of sp³-hybridized carbons (Fsp3) is 0.167. The molecule has 5 nitrogen and oxygen atoms in total. The number of halogens is 3. The summed E-state index contributed by atoms with van der Waals surface area (Å²) in [6.07, 6.45) is -3.20. The molecular formula is C6H5F2IN2O3S. The Labute approximate surface area is 96.9 Å². The minimum absolute atomic E-state index is 0.117. The number of hydrogen-bond donors (Lipinski definition) is 2. The van der Waals surface area contributed by atoms with E-state index in [1.165, 1.54) is 0 Å². The third kappa shape index (κ3) is 2.72. The van der Waals surface area contributed by atoms with Gasteiger partial charge in [0.1, 0.15) is 5.56 Å². The summed E-state index contributed by atoms with van der Waals surface area (Å²) in [5.74, 6) is 0. The fourth-order valence-corrected chi connectivity index (χ4v) is 2.50. The van der Waals surface area contributed by atoms with Crippen molar-refractivity contribution in [2.24, 2.45) is 5.14 Å². The predicted molar refractivity (Wildman–Crippen MR) is 56.1 cm³/mol. The fourth-order valence-electron chi connectivity index (χ4n) is 0.959. The maximum absolute atomic E-state index is 12.4. The van der Waals surface area contributed by atoms with E-state index in [2.05, 4.69) is 4.98 Å². The van der Waals surface area contributed by atoms with Crippen LogP contribution in [0.1, 0.15) is 12.0 Å². The quantitative estimate of drug-likeness (QED) is 0.603. The first kappa shape index (κ1) is 12.5. The summed E-state index contributed by atoms with van der Waals surface area (Å²) in [6.45, 7) is 0. The number of primary sulfonamides is 1. The summed E-state index contributed by atoms with van der Waals surface area (Å²) in [5, 5.41) is 4.72. The van der Waals surface area contributed by atoms with Gasteiger partial charge in [0.25, 0.3) is 12.0 Å². The lowest BCUT2D eigenvalue weighted by atomic mass is 10.3. The number of hydrogen-bond acceptors (Lipinski definition) is 3. The molecule has 0 fully saturated rings. The van der Waals surface area contributed by atoms with Crippen molar-refractivity contribution < 1.29 is 17.2 Å². The molecule has 15 heavy (non-hydrogen) atoms. The Hall–Kier alpha value is -0.550. The summed E-state index contributed by atoms with van der Waals surface area (Å²) in [4.78, 5) is 12.3. The lowest BCUT2D eigenvalue weighted by molar-refractivity contribution is 0.146. The van der Waals surface area contributed by atoms with Crippen molar-refractivity contribution >= 4 is 32.6 Å². The van der Waals surface area contributed by atoms with Gasteiger partial charge in [-0.15, -0.1) is 0 Å². The van der Waals surface area contributed by atoms with Crippen LogP contribution in [0.15, 0.2) is 15.8 Å². The van der Waals surface area contributed by atoms with Gasteiger partial charge >= 0.3 is 0 Å². The SMILES string of the molecule is NS(=O)(=O)c1cc(I)[nH]c(=O)c1C(F)F. The number of alkyl halides is 2. The third-order valence-corrected chi connectivity index (χ3v) is 3.06. The van der Waals surface area contributed by atoms with Gasteiger partial charge in [-0.25, -0.2) is 22.3 Å². The van der Waals surface area contributed by atoms with Gasteiger partial charge in [0.2, 0.25) is 10.0 Å². The monoisotopic (exact) mass is 350 g/mol. The maximum atomic E-state index is 12.4. The molecule has 1 aromatic rings. The highest BCUT2D eigenvalue weighted by atomic mass is 127. The molecule has 3 N–H and O–H groups in total. The van der Waals surface area contributed by atoms with Gasteiger partial charge in [-0.3, -0.25) is 4.79 Å². The van der Waals surface area contributed by atoms with Crippen LogP contribution in [0.2, 0.25) is 0 Å². The standard InChI is InChI=1S/C6H5F2IN2O3S/c7-5(8)4-2(15(10,13)14)1-3(9)11-6(4)12/h1,5H,(H,11,12)(H2,10,13,14). The van der Waals surface area contributed by atoms with E-state index in [0.717, 1.165) is 6.07 Å². The van der Waals surface area contributed by atoms with Crippen LogP contribution in [-0.4, -0.2) is 13.4 Å². The number of rotatable bonds is 2. The van der Waals surface area contributed by atoms with Crippen molar-refractivity contribution in [3.8, 4) is 0 Å². The highest BCUT2D eigenvalue weighted by molar-refractivity contribution is 14.1. The van der Waals surface area contributed by atoms with Gasteiger partial charge in [0, 0.05) is 0 Å². The second-order valence-corrected chi connectivity index (χ2v) is 5.26. The number of aromatic nitrogens is 1. The molecule has 1 aromatic heterocycles. The molecule has 0 saturated carbocycles. The van der Waals surface area contributed by atoms with Gasteiger partial charge < -0.3 is 4.98 Å². The molecule has 1 rings (SSSR count). The number of sulfonamides is 1. The zero-order valence-corrected chi connectivity index (χ0v) is 9.97. The van der Waals surface area contributed by atoms with Crippen LogP contribution >= 0.6 is 22.6 Å². The van der Waals surface area contributed by atoms with E-state index in [-0.39, 0.29) is 3.70 Å². The number of aromatic amines is 1. The molecule has 0 spiro atoms. The Bertz CT molecular complexity index is 540. The van der Waals surface area contributed by atoms with Crippen molar-refractivity contribution in [1.29, 1.82) is 0 Å². The molecule has 0 atom stereocenters. The van der Waals surface area contributed by atoms with Crippen LogP contribution in [0, 0.1) is 3.70 Å². The lowest BCUT2D eigenvalue weighted by Gasteiger charge is -2.05. The zero-order chi connectivity index (χ0) is 11.8. The van der Waals surface area contributed by atoms with Crippen LogP contribution in [0.3, 0.4) is 0 Å². The molecule has 0 saturated heterocycles. The average Bonchev–Trinajstić information content (AvgIpc) is 1.99. The number of nitrogens with two attached hydrogens (primary N) is 1. The van der Waals surface area contributed by atoms with Crippen LogP contribution < -0.4 is 10.7 Å². The van der Waals surface area contributed by atoms with Crippen molar-refractivity contribution in [1.82, 2.24) is 4.98 Å². The Morgan fingerprint density at radius 3 is 2.40 bits per heavy atom. The van der Waals surface area contributed by atoms with Crippen molar-refractivity contribution in [2.75, 3.05) is 0 Å². The van der Waals surface area contributed by atoms with E-state index < -0.39 is 32.5 Å². The number of pyridine rings is 1. The van der Waals surface area contributed by atoms with Crippen LogP contribution in [0.5, 0.6) is 0 Å². The number of nitrogens with one attached hydrogen (secondary N) is 1. The highest BCUT2D eigenvalue weighted by Crippen LogP contribution is 2.22. The first-order valence-electron chi connectivity index (χ1n) is 3.47. The van der Waals surface area contributed by atoms with Crippen LogP contribution in [0.25, 0.3) is 0 Å². The van der Waals surface area contributed by atoms with Gasteiger partial charge in [-0.2, -0.15) is 0 Å². The highest BCUT2D eigenvalue weighted by Gasteiger charge is 2.24. The molecule has 9 heteroatoms. The van der Waals surface area contributed by atoms with E-state index in [0.29, 0.717) is 0 Å². The summed E-state index contributed by atoms with van der Waals surface area (Å²) >= 11 is 1.59. The minimum Gasteiger partial charge on any atom is -0.317 e. The Kier molecular flexibility index (Phi) is 3.45. The summed E-state index contributed by atoms with van der Waals surface area (Å²) in [6, 6.07) is 0.888. The molecule has 0 amide bonds. The molecule has 0 radical (unpaired) electrons. The average molecular weight is 350 g/mol. The minimum atomic E-state index is -4.33. The zero-order valence-electron chi connectivity index (χ0n) is 7.00. The second-order valence-electron chi connectivity index (χ2n) is 2.57. The Balaban J connectivity index is 3.70. The van der Waals surface area contributed by atoms with Crippen molar-refractivity contribution in [2.45, 2.75) is 11.3 Å². The summed E-state index contributed by atoms with van der Waals surface area (Å²) in [7, 11) is -4.33. The molecular weight excluding hydrogens is 345 g/mol. The normalized spacial score (nSPS) is 12.1. The van der Waals surface area contributed by atoms with Crippen LogP contribution in [-0.2, 0) is 10.0 Å². The molecule has 0 aliphatic rings. The number of H-pyrrole nitrogens is 1. The van der Waals surface area contributed by atoms with E-state index in [9.17, 15) is 22.0 Å². The van der Waals surface area contributed by atoms with E-state index in [1.807, 2.05) is 0 Å². The van der Waals surface area contributed by atoms with Gasteiger partial charge in [-0.1, -0.05) is 0 Å². The van der Waals surface area contributed by atoms with E-state index in [4.69, 9.17) is 5.14 Å². The Morgan fingerprint density at radius 1 is 1.47 bits per heavy atom. The van der Waals surface area contributed by atoms with Gasteiger partial charge in [-0.05, 0) is 28.7 Å². The van der Waals surface area contributed by atoms with E-state index >= 15 is 0 Å². The maximum Gasteiger partial charge on any atom is 0.270 e. The van der Waals surface area contributed by atoms with Crippen LogP contribution in [0.4, 0.5) is 8.78 Å². The molecule has 0 unspecified atom stereocenters. The lowest BCUT2D eigenvalue weighted by Crippen LogP contribution is -2.23. The molecule has 0 bridgehead atoms. The predicted octanol–water partition coefficient (Wildman–Crippen LogP) is 0.565. The van der Waals surface area contributed by atoms with Gasteiger partial charge in [0.05, 0.1) is 8.60 Å². The molecule has 0 aliphatic carbocycles. The molecule has 0 aromatic carbocycles. The topological polar surface area (TPSA) is 93.0 Å². The van der Waals surface area contributed by atoms with Gasteiger partial charge in [0.15, 0.2) is 0 Å². The second kappa shape index (κ2) is 4.14. The largest absolute Gasteiger partial charge is 0.317 e. The smallest absolute Gasteiger partial charge is 0.270 e. The summed E-state index contributed by atoms with van der Waals surface area (Å²) in [5.41, 5.74) is -2.28. The Morgan fingerprint density at radius 2 is 2.00 bits per heavy atom. The van der Waals surface area contributed by atoms with Crippen molar-refractivity contribution in [3.05, 3.63) is 25.7 Å². The third-order valence-electron chi connectivity index (χ3n) is 1.53. The summed E-state index contributed by atoms with van der Waals surface area (Å²) < 4.78 is 46.8. The van der Waals surface area contributed by atoms with Crippen molar-refractivity contribution in [3.63, 3.8) is 0 Å². The van der Waals surface area contributed by atoms with E-state index in [1.54, 1.807) is 22.6 Å². The molecule has 84 valence electrons. The molecule has 0 aliphatic heterocycles. The first-order chi connectivity index (χ1) is 6.73. The molecule has 1 heterocycles. The first-order valence-corrected chi connectivity index (χ1v) is 6.09.